The van der Waals surface area contributed by atoms with Gasteiger partial charge in [0.2, 0.25) is 0 Å². The Morgan fingerprint density at radius 2 is 1.79 bits per heavy atom. The highest BCUT2D eigenvalue weighted by molar-refractivity contribution is 6.34. The smallest absolute Gasteiger partial charge is 0.194 e. The van der Waals surface area contributed by atoms with Crippen LogP contribution in [0.3, 0.4) is 0 Å². The zero-order valence-electron chi connectivity index (χ0n) is 10.5. The summed E-state index contributed by atoms with van der Waals surface area (Å²) in [6, 6.07) is 6.56. The van der Waals surface area contributed by atoms with Crippen LogP contribution in [0.4, 0.5) is 0 Å². The summed E-state index contributed by atoms with van der Waals surface area (Å²) in [5.41, 5.74) is 0.844. The number of pyridine rings is 1. The minimum Gasteiger partial charge on any atom is -0.497 e. The highest BCUT2D eigenvalue weighted by atomic mass is 35.5. The Balaban J connectivity index is 2.47. The van der Waals surface area contributed by atoms with Crippen molar-refractivity contribution in [2.24, 2.45) is 0 Å². The van der Waals surface area contributed by atoms with Crippen LogP contribution >= 0.6 is 11.6 Å². The Bertz CT molecular complexity index is 591. The van der Waals surface area contributed by atoms with Crippen LogP contribution in [0.15, 0.2) is 36.7 Å². The molecule has 0 amide bonds. The summed E-state index contributed by atoms with van der Waals surface area (Å²) in [7, 11) is 3.06. The average molecular weight is 278 g/mol. The lowest BCUT2D eigenvalue weighted by Crippen LogP contribution is -2.03. The number of halogens is 1. The molecule has 2 rings (SSSR count). The number of benzene rings is 1. The molecule has 2 aromatic rings. The predicted octanol–water partition coefficient (Wildman–Crippen LogP) is 2.98. The van der Waals surface area contributed by atoms with Gasteiger partial charge in [-0.05, 0) is 18.2 Å². The molecule has 0 saturated carbocycles. The van der Waals surface area contributed by atoms with Gasteiger partial charge in [-0.3, -0.25) is 9.78 Å². The van der Waals surface area contributed by atoms with Gasteiger partial charge >= 0.3 is 0 Å². The fraction of sp³-hybridized carbons (Fsp3) is 0.143. The van der Waals surface area contributed by atoms with Crippen molar-refractivity contribution < 1.29 is 14.3 Å². The van der Waals surface area contributed by atoms with Crippen molar-refractivity contribution in [1.82, 2.24) is 4.98 Å². The largest absolute Gasteiger partial charge is 0.497 e. The minimum absolute atomic E-state index is 0.204. The number of carbonyl (C=O) groups is 1. The monoisotopic (exact) mass is 277 g/mol. The fourth-order valence-corrected chi connectivity index (χ4v) is 1.86. The summed E-state index contributed by atoms with van der Waals surface area (Å²) in [4.78, 5) is 16.2. The first kappa shape index (κ1) is 13.4. The first-order valence-corrected chi connectivity index (χ1v) is 5.90. The molecule has 0 aliphatic carbocycles. The lowest BCUT2D eigenvalue weighted by atomic mass is 10.0. The molecule has 1 aromatic heterocycles. The van der Waals surface area contributed by atoms with Crippen LogP contribution in [0.25, 0.3) is 0 Å². The molecule has 0 aliphatic heterocycles. The minimum atomic E-state index is -0.204. The quantitative estimate of drug-likeness (QED) is 0.806. The Morgan fingerprint density at radius 3 is 2.32 bits per heavy atom. The van der Waals surface area contributed by atoms with Gasteiger partial charge in [-0.25, -0.2) is 0 Å². The van der Waals surface area contributed by atoms with Crippen molar-refractivity contribution in [3.8, 4) is 11.5 Å². The number of hydrogen-bond donors (Lipinski definition) is 0. The van der Waals surface area contributed by atoms with Gasteiger partial charge in [0.15, 0.2) is 5.78 Å². The fourth-order valence-electron chi connectivity index (χ4n) is 1.65. The van der Waals surface area contributed by atoms with E-state index in [1.54, 1.807) is 24.3 Å². The molecule has 0 fully saturated rings. The first-order chi connectivity index (χ1) is 9.15. The molecule has 0 unspecified atom stereocenters. The van der Waals surface area contributed by atoms with Crippen molar-refractivity contribution in [3.05, 3.63) is 52.8 Å². The summed E-state index contributed by atoms with van der Waals surface area (Å²) in [5.74, 6) is 0.894. The van der Waals surface area contributed by atoms with E-state index in [2.05, 4.69) is 4.98 Å². The molecule has 0 bridgehead atoms. The SMILES string of the molecule is COc1cc(OC)cc(C(=O)c2ccncc2Cl)c1. The molecule has 0 N–H and O–H groups in total. The van der Waals surface area contributed by atoms with Gasteiger partial charge in [-0.15, -0.1) is 0 Å². The maximum absolute atomic E-state index is 12.4. The van der Waals surface area contributed by atoms with Crippen molar-refractivity contribution in [2.75, 3.05) is 14.2 Å². The van der Waals surface area contributed by atoms with Gasteiger partial charge in [-0.2, -0.15) is 0 Å². The van der Waals surface area contributed by atoms with Gasteiger partial charge in [-0.1, -0.05) is 11.6 Å². The number of carbonyl (C=O) groups excluding carboxylic acids is 1. The highest BCUT2D eigenvalue weighted by Gasteiger charge is 2.15. The normalized spacial score (nSPS) is 10.1. The Kier molecular flexibility index (Phi) is 4.02. The first-order valence-electron chi connectivity index (χ1n) is 5.53. The second kappa shape index (κ2) is 5.71. The van der Waals surface area contributed by atoms with E-state index in [4.69, 9.17) is 21.1 Å². The molecule has 4 nitrogen and oxygen atoms in total. The van der Waals surface area contributed by atoms with Gasteiger partial charge < -0.3 is 9.47 Å². The number of rotatable bonds is 4. The topological polar surface area (TPSA) is 48.4 Å². The third-order valence-corrected chi connectivity index (χ3v) is 2.93. The number of aromatic nitrogens is 1. The zero-order chi connectivity index (χ0) is 13.8. The molecule has 98 valence electrons. The van der Waals surface area contributed by atoms with Crippen molar-refractivity contribution in [3.63, 3.8) is 0 Å². The molecule has 0 spiro atoms. The third kappa shape index (κ3) is 2.85. The van der Waals surface area contributed by atoms with Gasteiger partial charge in [0.1, 0.15) is 11.5 Å². The molecular weight excluding hydrogens is 266 g/mol. The number of hydrogen-bond acceptors (Lipinski definition) is 4. The Hall–Kier alpha value is -2.07. The standard InChI is InChI=1S/C14H12ClNO3/c1-18-10-5-9(6-11(7-10)19-2)14(17)12-3-4-16-8-13(12)15/h3-8H,1-2H3. The van der Waals surface area contributed by atoms with E-state index in [1.807, 2.05) is 0 Å². The number of methoxy groups -OCH3 is 2. The molecule has 0 atom stereocenters. The molecule has 19 heavy (non-hydrogen) atoms. The average Bonchev–Trinajstić information content (AvgIpc) is 2.46. The van der Waals surface area contributed by atoms with Crippen LogP contribution in [0, 0.1) is 0 Å². The van der Waals surface area contributed by atoms with Crippen molar-refractivity contribution in [2.45, 2.75) is 0 Å². The van der Waals surface area contributed by atoms with Crippen LogP contribution in [0.1, 0.15) is 15.9 Å². The molecule has 5 heteroatoms. The Morgan fingerprint density at radius 1 is 1.16 bits per heavy atom. The van der Waals surface area contributed by atoms with E-state index in [0.717, 1.165) is 0 Å². The van der Waals surface area contributed by atoms with Crippen LogP contribution in [-0.2, 0) is 0 Å². The van der Waals surface area contributed by atoms with Gasteiger partial charge in [0.05, 0.1) is 19.2 Å². The van der Waals surface area contributed by atoms with E-state index >= 15 is 0 Å². The molecule has 0 aliphatic rings. The zero-order valence-corrected chi connectivity index (χ0v) is 11.3. The molecular formula is C14H12ClNO3. The summed E-state index contributed by atoms with van der Waals surface area (Å²) < 4.78 is 10.3. The van der Waals surface area contributed by atoms with Gasteiger partial charge in [0.25, 0.3) is 0 Å². The maximum Gasteiger partial charge on any atom is 0.194 e. The summed E-state index contributed by atoms with van der Waals surface area (Å²) in [6.45, 7) is 0. The summed E-state index contributed by atoms with van der Waals surface area (Å²) in [5, 5.41) is 0.314. The van der Waals surface area contributed by atoms with Crippen LogP contribution in [0.5, 0.6) is 11.5 Å². The number of nitrogens with zero attached hydrogens (tertiary/aromatic N) is 1. The molecule has 1 aromatic carbocycles. The second-order valence-corrected chi connectivity index (χ2v) is 4.19. The lowest BCUT2D eigenvalue weighted by Gasteiger charge is -2.08. The molecule has 1 heterocycles. The van der Waals surface area contributed by atoms with Gasteiger partial charge in [0, 0.05) is 29.6 Å². The van der Waals surface area contributed by atoms with E-state index in [1.165, 1.54) is 26.6 Å². The Labute approximate surface area is 115 Å². The number of ketones is 1. The lowest BCUT2D eigenvalue weighted by molar-refractivity contribution is 0.103. The third-order valence-electron chi connectivity index (χ3n) is 2.63. The van der Waals surface area contributed by atoms with E-state index < -0.39 is 0 Å². The van der Waals surface area contributed by atoms with E-state index in [0.29, 0.717) is 27.6 Å². The second-order valence-electron chi connectivity index (χ2n) is 3.79. The number of ether oxygens (including phenoxy) is 2. The van der Waals surface area contributed by atoms with Crippen molar-refractivity contribution >= 4 is 17.4 Å². The van der Waals surface area contributed by atoms with E-state index in [-0.39, 0.29) is 5.78 Å². The highest BCUT2D eigenvalue weighted by Crippen LogP contribution is 2.26. The summed E-state index contributed by atoms with van der Waals surface area (Å²) >= 11 is 5.97. The van der Waals surface area contributed by atoms with Crippen LogP contribution in [0.2, 0.25) is 5.02 Å². The molecule has 0 radical (unpaired) electrons. The summed E-state index contributed by atoms with van der Waals surface area (Å²) in [6.07, 6.45) is 2.96. The van der Waals surface area contributed by atoms with Crippen LogP contribution in [-0.4, -0.2) is 25.0 Å². The maximum atomic E-state index is 12.4. The van der Waals surface area contributed by atoms with Crippen LogP contribution < -0.4 is 9.47 Å². The molecule has 0 saturated heterocycles. The predicted molar refractivity (Wildman–Crippen MR) is 72.2 cm³/mol. The van der Waals surface area contributed by atoms with E-state index in [9.17, 15) is 4.79 Å². The van der Waals surface area contributed by atoms with Crippen molar-refractivity contribution in [1.29, 1.82) is 0 Å².